The largest absolute Gasteiger partial charge is 0.478 e. The van der Waals surface area contributed by atoms with Gasteiger partial charge >= 0.3 is 18.2 Å². The molecule has 4 saturated heterocycles. The van der Waals surface area contributed by atoms with Gasteiger partial charge in [0.25, 0.3) is 6.47 Å². The molecule has 6 rings (SSSR count). The Kier molecular flexibility index (Phi) is 19.2. The number of halogens is 9. The molecule has 4 aliphatic heterocycles. The van der Waals surface area contributed by atoms with Crippen molar-refractivity contribution >= 4 is 36.3 Å². The fourth-order valence-corrected chi connectivity index (χ4v) is 8.43. The molecule has 0 radical (unpaired) electrons. The van der Waals surface area contributed by atoms with Crippen LogP contribution >= 0.6 is 0 Å². The van der Waals surface area contributed by atoms with Gasteiger partial charge in [-0.1, -0.05) is 0 Å². The lowest BCUT2D eigenvalue weighted by Crippen LogP contribution is -2.46. The van der Waals surface area contributed by atoms with Gasteiger partial charge in [0.2, 0.25) is 17.7 Å². The number of benzene rings is 2. The summed E-state index contributed by atoms with van der Waals surface area (Å²) < 4.78 is 128. The van der Waals surface area contributed by atoms with Crippen molar-refractivity contribution in [1.82, 2.24) is 25.3 Å². The molecular formula is C44H53F9N6O9. The number of hydrogen-bond donors (Lipinski definition) is 4. The average Bonchev–Trinajstić information content (AvgIpc) is 4.01. The number of rotatable bonds is 13. The van der Waals surface area contributed by atoms with Crippen molar-refractivity contribution in [3.05, 3.63) is 82.6 Å². The summed E-state index contributed by atoms with van der Waals surface area (Å²) in [5.41, 5.74) is 4.86. The van der Waals surface area contributed by atoms with E-state index in [1.54, 1.807) is 25.7 Å². The molecule has 2 aromatic rings. The predicted octanol–water partition coefficient (Wildman–Crippen LogP) is 4.88. The van der Waals surface area contributed by atoms with Gasteiger partial charge in [0.1, 0.15) is 29.9 Å². The number of aliphatic carboxylic acids is 1. The van der Waals surface area contributed by atoms with Crippen LogP contribution in [0.15, 0.2) is 36.6 Å². The second-order valence-corrected chi connectivity index (χ2v) is 17.7. The molecule has 0 unspecified atom stereocenters. The Morgan fingerprint density at radius 1 is 0.779 bits per heavy atom. The number of carbonyl (C=O) groups excluding carboxylic acids is 5. The molecule has 4 heterocycles. The first-order valence-electron chi connectivity index (χ1n) is 21.4. The van der Waals surface area contributed by atoms with E-state index in [1.807, 2.05) is 0 Å². The van der Waals surface area contributed by atoms with E-state index in [2.05, 4.69) is 15.4 Å². The van der Waals surface area contributed by atoms with Crippen molar-refractivity contribution in [3.63, 3.8) is 0 Å². The Morgan fingerprint density at radius 2 is 1.32 bits per heavy atom. The topological polar surface area (TPSA) is 201 Å². The molecule has 68 heavy (non-hydrogen) atoms. The van der Waals surface area contributed by atoms with Gasteiger partial charge < -0.3 is 45.6 Å². The van der Waals surface area contributed by atoms with Crippen LogP contribution in [-0.4, -0.2) is 131 Å². The van der Waals surface area contributed by atoms with Gasteiger partial charge in [-0.05, 0) is 75.6 Å². The van der Waals surface area contributed by atoms with E-state index >= 15 is 0 Å². The molecule has 6 atom stereocenters. The first-order chi connectivity index (χ1) is 31.7. The van der Waals surface area contributed by atoms with Crippen molar-refractivity contribution in [3.8, 4) is 0 Å². The van der Waals surface area contributed by atoms with Gasteiger partial charge in [-0.3, -0.25) is 19.2 Å². The Bertz CT molecular complexity index is 2180. The summed E-state index contributed by atoms with van der Waals surface area (Å²) in [5, 5.41) is 13.7. The van der Waals surface area contributed by atoms with Crippen LogP contribution in [0.5, 0.6) is 0 Å². The number of hydrogen-bond acceptors (Lipinski definition) is 10. The number of nitrogens with one attached hydrogen (secondary N) is 2. The minimum Gasteiger partial charge on any atom is -0.478 e. The number of ether oxygens (including phenoxy) is 2. The first kappa shape index (κ1) is 54.7. The van der Waals surface area contributed by atoms with Gasteiger partial charge in [-0.15, -0.1) is 0 Å². The zero-order valence-corrected chi connectivity index (χ0v) is 37.2. The van der Waals surface area contributed by atoms with Crippen LogP contribution in [0.25, 0.3) is 0 Å². The van der Waals surface area contributed by atoms with E-state index in [9.17, 15) is 68.3 Å². The lowest BCUT2D eigenvalue weighted by Gasteiger charge is -2.27. The molecule has 0 spiro atoms. The quantitative estimate of drug-likeness (QED) is 0.0701. The van der Waals surface area contributed by atoms with Crippen LogP contribution in [0.2, 0.25) is 0 Å². The normalized spacial score (nSPS) is 20.6. The number of nitrogens with two attached hydrogens (primary N) is 1. The van der Waals surface area contributed by atoms with Crippen molar-refractivity contribution in [1.29, 1.82) is 0 Å². The first-order valence-corrected chi connectivity index (χ1v) is 21.4. The Balaban J connectivity index is 0.000000256. The maximum Gasteiger partial charge on any atom is 0.407 e. The van der Waals surface area contributed by atoms with Gasteiger partial charge in [0, 0.05) is 88.3 Å². The molecule has 0 saturated carbocycles. The highest BCUT2D eigenvalue weighted by atomic mass is 19.4. The smallest absolute Gasteiger partial charge is 0.407 e. The highest BCUT2D eigenvalue weighted by Crippen LogP contribution is 2.34. The number of carbonyl (C=O) groups is 6. The zero-order chi connectivity index (χ0) is 50.7. The molecule has 4 amide bonds. The zero-order valence-electron chi connectivity index (χ0n) is 37.2. The molecule has 0 bridgehead atoms. The highest BCUT2D eigenvalue weighted by molar-refractivity contribution is 5.80. The Hall–Kier alpha value is -5.91. The number of likely N-dealkylation sites (tertiary alicyclic amines) is 3. The van der Waals surface area contributed by atoms with Crippen molar-refractivity contribution in [2.45, 2.75) is 102 Å². The summed E-state index contributed by atoms with van der Waals surface area (Å²) in [4.78, 5) is 73.0. The standard InChI is InChI=1S/C21H28F3N3O3.C19H21F6N3O2.C4H4O4/c1-21(2,3)30-20(29)26-14(6-13-7-16(23)17(24)9-15(13)22)8-19(28)27-5-4-12-10-25-11-18(12)27;20-13-6-15(22)14(21)4-11(13)3-12(26)5-17(29)28-2-1-10-8-27(9-16(10)28)18(30)7-19(23,24)25;5-3-8-2-1-4(6)7/h7,9,12,14,18,25H,4-6,8,10-11H2,1-3H3,(H,26,29);4,6,10,12,16H,1-3,5,7-9,26H2;1-3H,(H,6,7)/b;;2-1+/t12-,14+,18+;10-,12+,16+;/m00./s1. The van der Waals surface area contributed by atoms with Gasteiger partial charge in [-0.2, -0.15) is 13.2 Å². The van der Waals surface area contributed by atoms with E-state index in [-0.39, 0.29) is 86.2 Å². The molecule has 15 nitrogen and oxygen atoms in total. The SMILES string of the molecule is CC(C)(C)OC(=O)N[C@@H](CC(=O)N1CC[C@H]2CNC[C@H]21)Cc1cc(F)c(F)cc1F.N[C@@H](CC(=O)N1CC[C@H]2CN(C(=O)CC(F)(F)F)C[C@H]21)Cc1cc(F)c(F)cc1F.O=CO/C=C/C(=O)O. The maximum absolute atomic E-state index is 14.2. The van der Waals surface area contributed by atoms with Gasteiger partial charge in [0.15, 0.2) is 23.3 Å². The monoisotopic (exact) mass is 980 g/mol. The van der Waals surface area contributed by atoms with Crippen LogP contribution in [0.4, 0.5) is 44.3 Å². The van der Waals surface area contributed by atoms with E-state index in [4.69, 9.17) is 15.6 Å². The molecule has 5 N–H and O–H groups in total. The minimum absolute atomic E-state index is 0.0262. The van der Waals surface area contributed by atoms with E-state index in [1.165, 1.54) is 4.90 Å². The van der Waals surface area contributed by atoms with Crippen molar-refractivity contribution in [2.24, 2.45) is 17.6 Å². The number of carboxylic acid groups (broad SMARTS) is 1. The lowest BCUT2D eigenvalue weighted by atomic mass is 10.0. The summed E-state index contributed by atoms with van der Waals surface area (Å²) in [6.45, 7) is 8.02. The summed E-state index contributed by atoms with van der Waals surface area (Å²) in [6.07, 6.45) is -4.57. The fourth-order valence-electron chi connectivity index (χ4n) is 8.43. The third-order valence-electron chi connectivity index (χ3n) is 11.4. The van der Waals surface area contributed by atoms with Crippen LogP contribution in [0.1, 0.15) is 64.0 Å². The summed E-state index contributed by atoms with van der Waals surface area (Å²) >= 11 is 0. The lowest BCUT2D eigenvalue weighted by molar-refractivity contribution is -0.161. The number of alkyl carbamates (subject to hydrolysis) is 1. The molecule has 4 aliphatic rings. The minimum atomic E-state index is -4.59. The second kappa shape index (κ2) is 23.9. The van der Waals surface area contributed by atoms with Crippen LogP contribution in [-0.2, 0) is 46.3 Å². The fraction of sp³-hybridized carbons (Fsp3) is 0.545. The maximum atomic E-state index is 14.2. The van der Waals surface area contributed by atoms with E-state index in [0.717, 1.165) is 36.7 Å². The van der Waals surface area contributed by atoms with E-state index in [0.29, 0.717) is 49.7 Å². The van der Waals surface area contributed by atoms with Gasteiger partial charge in [-0.25, -0.2) is 35.9 Å². The molecule has 0 aliphatic carbocycles. The van der Waals surface area contributed by atoms with Crippen LogP contribution in [0, 0.1) is 46.7 Å². The van der Waals surface area contributed by atoms with E-state index < -0.39 is 83.2 Å². The van der Waals surface area contributed by atoms with Crippen molar-refractivity contribution in [2.75, 3.05) is 39.3 Å². The third kappa shape index (κ3) is 16.4. The molecule has 4 fully saturated rings. The third-order valence-corrected chi connectivity index (χ3v) is 11.4. The molecule has 376 valence electrons. The molecule has 0 aromatic heterocycles. The summed E-state index contributed by atoms with van der Waals surface area (Å²) in [7, 11) is 0. The Morgan fingerprint density at radius 3 is 1.88 bits per heavy atom. The molecule has 2 aromatic carbocycles. The molecular weight excluding hydrogens is 927 g/mol. The second-order valence-electron chi connectivity index (χ2n) is 17.7. The van der Waals surface area contributed by atoms with Crippen molar-refractivity contribution < 1.29 is 82.9 Å². The van der Waals surface area contributed by atoms with Gasteiger partial charge in [0.05, 0.1) is 12.1 Å². The average molecular weight is 981 g/mol. The predicted molar refractivity (Wildman–Crippen MR) is 222 cm³/mol. The summed E-state index contributed by atoms with van der Waals surface area (Å²) in [5.74, 6) is -9.32. The number of fused-ring (bicyclic) bond motifs is 2. The number of nitrogens with zero attached hydrogens (tertiary/aromatic N) is 3. The summed E-state index contributed by atoms with van der Waals surface area (Å²) in [6, 6.07) is 0.358. The molecule has 24 heteroatoms. The number of amides is 4. The Labute approximate surface area is 385 Å². The number of carboxylic acids is 1. The highest BCUT2D eigenvalue weighted by Gasteiger charge is 2.46. The number of alkyl halides is 3. The van der Waals surface area contributed by atoms with Crippen LogP contribution in [0.3, 0.4) is 0 Å². The van der Waals surface area contributed by atoms with Crippen LogP contribution < -0.4 is 16.4 Å².